The van der Waals surface area contributed by atoms with Gasteiger partial charge in [0.15, 0.2) is 0 Å². The molecule has 0 saturated heterocycles. The van der Waals surface area contributed by atoms with E-state index in [2.05, 4.69) is 10.6 Å². The van der Waals surface area contributed by atoms with Crippen molar-refractivity contribution >= 4 is 35.0 Å². The van der Waals surface area contributed by atoms with Crippen molar-refractivity contribution in [1.82, 2.24) is 0 Å². The van der Waals surface area contributed by atoms with Gasteiger partial charge in [-0.05, 0) is 56.3 Å². The number of rotatable bonds is 6. The SMILES string of the molecule is Cc1ccc(C(=O)Nc2cccc(SC(C)C(=O)Nc3ccccc3F)c2)cc1. The summed E-state index contributed by atoms with van der Waals surface area (Å²) in [6.07, 6.45) is 0. The number of carbonyl (C=O) groups is 2. The van der Waals surface area contributed by atoms with Gasteiger partial charge in [-0.25, -0.2) is 4.39 Å². The van der Waals surface area contributed by atoms with Crippen molar-refractivity contribution in [2.45, 2.75) is 24.0 Å². The van der Waals surface area contributed by atoms with E-state index in [1.54, 1.807) is 37.3 Å². The van der Waals surface area contributed by atoms with Crippen molar-refractivity contribution in [3.63, 3.8) is 0 Å². The van der Waals surface area contributed by atoms with Crippen LogP contribution in [0.15, 0.2) is 77.7 Å². The number of anilines is 2. The van der Waals surface area contributed by atoms with Crippen LogP contribution in [0, 0.1) is 12.7 Å². The Morgan fingerprint density at radius 3 is 2.38 bits per heavy atom. The average molecular weight is 408 g/mol. The number of carbonyl (C=O) groups excluding carboxylic acids is 2. The summed E-state index contributed by atoms with van der Waals surface area (Å²) >= 11 is 1.33. The number of aryl methyl sites for hydroxylation is 1. The maximum atomic E-state index is 13.7. The number of thioether (sulfide) groups is 1. The molecule has 2 N–H and O–H groups in total. The van der Waals surface area contributed by atoms with Crippen molar-refractivity contribution in [1.29, 1.82) is 0 Å². The second-order valence-electron chi connectivity index (χ2n) is 6.58. The molecular weight excluding hydrogens is 387 g/mol. The maximum Gasteiger partial charge on any atom is 0.255 e. The average Bonchev–Trinajstić information content (AvgIpc) is 2.70. The quantitative estimate of drug-likeness (QED) is 0.529. The minimum absolute atomic E-state index is 0.157. The number of nitrogens with one attached hydrogen (secondary N) is 2. The topological polar surface area (TPSA) is 58.2 Å². The molecule has 0 aliphatic heterocycles. The molecule has 0 aliphatic carbocycles. The molecule has 0 saturated carbocycles. The monoisotopic (exact) mass is 408 g/mol. The molecular formula is C23H21FN2O2S. The van der Waals surface area contributed by atoms with Crippen LogP contribution in [-0.2, 0) is 4.79 Å². The van der Waals surface area contributed by atoms with Gasteiger partial charge in [0, 0.05) is 16.1 Å². The number of para-hydroxylation sites is 1. The van der Waals surface area contributed by atoms with E-state index in [1.807, 2.05) is 37.3 Å². The molecule has 1 unspecified atom stereocenters. The summed E-state index contributed by atoms with van der Waals surface area (Å²) in [7, 11) is 0. The molecule has 0 spiro atoms. The van der Waals surface area contributed by atoms with E-state index in [4.69, 9.17) is 0 Å². The minimum atomic E-state index is -0.473. The lowest BCUT2D eigenvalue weighted by Gasteiger charge is -2.13. The smallest absolute Gasteiger partial charge is 0.255 e. The molecule has 4 nitrogen and oxygen atoms in total. The lowest BCUT2D eigenvalue weighted by Crippen LogP contribution is -2.22. The summed E-state index contributed by atoms with van der Waals surface area (Å²) in [6.45, 7) is 3.71. The second-order valence-corrected chi connectivity index (χ2v) is 7.99. The molecule has 29 heavy (non-hydrogen) atoms. The molecule has 3 aromatic carbocycles. The van der Waals surface area contributed by atoms with E-state index in [0.717, 1.165) is 10.5 Å². The first-order valence-electron chi connectivity index (χ1n) is 9.12. The molecule has 0 radical (unpaired) electrons. The van der Waals surface area contributed by atoms with Crippen LogP contribution in [0.2, 0.25) is 0 Å². The minimum Gasteiger partial charge on any atom is -0.323 e. The van der Waals surface area contributed by atoms with Gasteiger partial charge < -0.3 is 10.6 Å². The van der Waals surface area contributed by atoms with E-state index in [0.29, 0.717) is 11.3 Å². The van der Waals surface area contributed by atoms with Crippen LogP contribution in [0.1, 0.15) is 22.8 Å². The third kappa shape index (κ3) is 5.68. The van der Waals surface area contributed by atoms with Gasteiger partial charge in [-0.3, -0.25) is 9.59 Å². The fraction of sp³-hybridized carbons (Fsp3) is 0.130. The van der Waals surface area contributed by atoms with Crippen molar-refractivity contribution < 1.29 is 14.0 Å². The molecule has 6 heteroatoms. The first-order valence-corrected chi connectivity index (χ1v) is 10.0. The van der Waals surface area contributed by atoms with Crippen LogP contribution in [0.25, 0.3) is 0 Å². The molecule has 1 atom stereocenters. The Labute approximate surface area is 173 Å². The third-order valence-electron chi connectivity index (χ3n) is 4.22. The Balaban J connectivity index is 1.63. The molecule has 2 amide bonds. The summed E-state index contributed by atoms with van der Waals surface area (Å²) in [4.78, 5) is 25.6. The molecule has 0 aromatic heterocycles. The fourth-order valence-electron chi connectivity index (χ4n) is 2.61. The van der Waals surface area contributed by atoms with E-state index in [9.17, 15) is 14.0 Å². The third-order valence-corrected chi connectivity index (χ3v) is 5.31. The van der Waals surface area contributed by atoms with Gasteiger partial charge >= 0.3 is 0 Å². The van der Waals surface area contributed by atoms with Crippen LogP contribution in [0.5, 0.6) is 0 Å². The zero-order chi connectivity index (χ0) is 20.8. The normalized spacial score (nSPS) is 11.6. The van der Waals surface area contributed by atoms with Crippen molar-refractivity contribution in [3.8, 4) is 0 Å². The van der Waals surface area contributed by atoms with E-state index in [-0.39, 0.29) is 17.5 Å². The van der Waals surface area contributed by atoms with Gasteiger partial charge in [0.2, 0.25) is 5.91 Å². The van der Waals surface area contributed by atoms with Crippen LogP contribution in [-0.4, -0.2) is 17.1 Å². The number of benzene rings is 3. The summed E-state index contributed by atoms with van der Waals surface area (Å²) in [5.74, 6) is -0.967. The van der Waals surface area contributed by atoms with Crippen LogP contribution >= 0.6 is 11.8 Å². The Kier molecular flexibility index (Phi) is 6.67. The Morgan fingerprint density at radius 2 is 1.66 bits per heavy atom. The fourth-order valence-corrected chi connectivity index (χ4v) is 3.54. The molecule has 0 heterocycles. The Bertz CT molecular complexity index is 1020. The molecule has 0 aliphatic rings. The predicted molar refractivity (Wildman–Crippen MR) is 116 cm³/mol. The van der Waals surface area contributed by atoms with Gasteiger partial charge in [-0.15, -0.1) is 11.8 Å². The second kappa shape index (κ2) is 9.39. The highest BCUT2D eigenvalue weighted by Crippen LogP contribution is 2.27. The highest BCUT2D eigenvalue weighted by Gasteiger charge is 2.16. The highest BCUT2D eigenvalue weighted by molar-refractivity contribution is 8.00. The Morgan fingerprint density at radius 1 is 0.931 bits per heavy atom. The van der Waals surface area contributed by atoms with Gasteiger partial charge in [-0.2, -0.15) is 0 Å². The van der Waals surface area contributed by atoms with Crippen molar-refractivity contribution in [2.24, 2.45) is 0 Å². The molecule has 0 bridgehead atoms. The Hall–Kier alpha value is -3.12. The first kappa shape index (κ1) is 20.6. The van der Waals surface area contributed by atoms with Crippen LogP contribution in [0.4, 0.5) is 15.8 Å². The number of hydrogen-bond acceptors (Lipinski definition) is 3. The van der Waals surface area contributed by atoms with E-state index < -0.39 is 11.1 Å². The van der Waals surface area contributed by atoms with Crippen molar-refractivity contribution in [2.75, 3.05) is 10.6 Å². The van der Waals surface area contributed by atoms with E-state index >= 15 is 0 Å². The summed E-state index contributed by atoms with van der Waals surface area (Å²) in [6, 6.07) is 20.7. The zero-order valence-corrected chi connectivity index (χ0v) is 16.9. The number of hydrogen-bond donors (Lipinski definition) is 2. The van der Waals surface area contributed by atoms with Gasteiger partial charge in [0.05, 0.1) is 10.9 Å². The molecule has 148 valence electrons. The highest BCUT2D eigenvalue weighted by atomic mass is 32.2. The van der Waals surface area contributed by atoms with Crippen molar-refractivity contribution in [3.05, 3.63) is 89.7 Å². The lowest BCUT2D eigenvalue weighted by molar-refractivity contribution is -0.115. The first-order chi connectivity index (χ1) is 13.9. The van der Waals surface area contributed by atoms with E-state index in [1.165, 1.54) is 23.9 Å². The molecule has 0 fully saturated rings. The lowest BCUT2D eigenvalue weighted by atomic mass is 10.1. The van der Waals surface area contributed by atoms with Gasteiger partial charge in [0.25, 0.3) is 5.91 Å². The van der Waals surface area contributed by atoms with Crippen LogP contribution < -0.4 is 10.6 Å². The molecule has 3 rings (SSSR count). The summed E-state index contributed by atoms with van der Waals surface area (Å²) in [5.41, 5.74) is 2.46. The summed E-state index contributed by atoms with van der Waals surface area (Å²) < 4.78 is 13.7. The van der Waals surface area contributed by atoms with Gasteiger partial charge in [-0.1, -0.05) is 35.9 Å². The zero-order valence-electron chi connectivity index (χ0n) is 16.1. The maximum absolute atomic E-state index is 13.7. The van der Waals surface area contributed by atoms with Gasteiger partial charge in [0.1, 0.15) is 5.82 Å². The summed E-state index contributed by atoms with van der Waals surface area (Å²) in [5, 5.41) is 5.02. The standard InChI is InChI=1S/C23H21FN2O2S/c1-15-10-12-17(13-11-15)23(28)25-18-6-5-7-19(14-18)29-16(2)22(27)26-21-9-4-3-8-20(21)24/h3-14,16H,1-2H3,(H,25,28)(H,26,27). The predicted octanol–water partition coefficient (Wildman–Crippen LogP) is 5.51. The number of amides is 2. The van der Waals surface area contributed by atoms with Crippen LogP contribution in [0.3, 0.4) is 0 Å². The largest absolute Gasteiger partial charge is 0.323 e. The number of halogens is 1. The molecule has 3 aromatic rings.